The summed E-state index contributed by atoms with van der Waals surface area (Å²) in [4.78, 5) is 0. The van der Waals surface area contributed by atoms with Crippen molar-refractivity contribution in [1.29, 1.82) is 0 Å². The number of nitrogens with zero attached hydrogens (tertiary/aromatic N) is 1. The Balaban J connectivity index is 0.000000732. The second-order valence-electron chi connectivity index (χ2n) is 8.69. The Labute approximate surface area is 221 Å². The molecule has 0 saturated heterocycles. The Kier molecular flexibility index (Phi) is 10.1. The predicted octanol–water partition coefficient (Wildman–Crippen LogP) is 8.43. The molecule has 4 rings (SSSR count). The molecule has 1 aliphatic carbocycles. The van der Waals surface area contributed by atoms with Crippen LogP contribution in [0.5, 0.6) is 0 Å². The van der Waals surface area contributed by atoms with Gasteiger partial charge in [-0.05, 0) is 53.0 Å². The Bertz CT molecular complexity index is 1330. The maximum Gasteiger partial charge on any atom is 0.673 e. The third-order valence-corrected chi connectivity index (χ3v) is 5.65. The van der Waals surface area contributed by atoms with Gasteiger partial charge in [-0.25, -0.2) is 4.58 Å². The van der Waals surface area contributed by atoms with Crippen LogP contribution in [0.2, 0.25) is 0 Å². The summed E-state index contributed by atoms with van der Waals surface area (Å²) >= 11 is 0. The van der Waals surface area contributed by atoms with Crippen LogP contribution in [-0.2, 0) is 4.74 Å². The first-order chi connectivity index (χ1) is 18.1. The lowest BCUT2D eigenvalue weighted by atomic mass is 9.98. The molecule has 2 aromatic carbocycles. The van der Waals surface area contributed by atoms with E-state index in [1.54, 1.807) is 0 Å². The second-order valence-corrected chi connectivity index (χ2v) is 8.69. The molecule has 0 atom stereocenters. The maximum absolute atomic E-state index is 9.75. The van der Waals surface area contributed by atoms with Gasteiger partial charge in [-0.3, -0.25) is 0 Å². The highest BCUT2D eigenvalue weighted by atomic mass is 19.5. The highest BCUT2D eigenvalue weighted by molar-refractivity contribution is 6.50. The molecule has 2 nitrogen and oxygen atoms in total. The number of halogens is 4. The molecule has 0 amide bonds. The summed E-state index contributed by atoms with van der Waals surface area (Å²) in [5.41, 5.74) is 6.93. The topological polar surface area (TPSA) is 12.2 Å². The maximum atomic E-state index is 9.75. The highest BCUT2D eigenvalue weighted by Gasteiger charge is 2.20. The minimum atomic E-state index is -6.00. The van der Waals surface area contributed by atoms with Crippen molar-refractivity contribution < 1.29 is 26.6 Å². The Morgan fingerprint density at radius 3 is 1.89 bits per heavy atom. The number of allylic oxidation sites excluding steroid dienone is 12. The number of benzene rings is 2. The average Bonchev–Trinajstić information content (AvgIpc) is 2.91. The van der Waals surface area contributed by atoms with Gasteiger partial charge in [-0.1, -0.05) is 85.8 Å². The highest BCUT2D eigenvalue weighted by Crippen LogP contribution is 2.33. The van der Waals surface area contributed by atoms with Crippen LogP contribution in [-0.4, -0.2) is 31.6 Å². The molecule has 0 aromatic heterocycles. The van der Waals surface area contributed by atoms with E-state index in [1.165, 1.54) is 16.8 Å². The summed E-state index contributed by atoms with van der Waals surface area (Å²) in [5, 5.41) is 0. The fourth-order valence-corrected chi connectivity index (χ4v) is 3.73. The van der Waals surface area contributed by atoms with Crippen LogP contribution in [0.3, 0.4) is 0 Å². The fourth-order valence-electron chi connectivity index (χ4n) is 3.73. The van der Waals surface area contributed by atoms with Gasteiger partial charge in [0.15, 0.2) is 5.71 Å². The summed E-state index contributed by atoms with van der Waals surface area (Å²) in [6.45, 7) is 2.17. The quantitative estimate of drug-likeness (QED) is 0.219. The lowest BCUT2D eigenvalue weighted by molar-refractivity contribution is -0.462. The lowest BCUT2D eigenvalue weighted by Crippen LogP contribution is -2.09. The summed E-state index contributed by atoms with van der Waals surface area (Å²) in [6.07, 6.45) is 20.1. The summed E-state index contributed by atoms with van der Waals surface area (Å²) in [7, 11) is -1.89. The number of ether oxygens (including phenoxy) is 1. The molecule has 196 valence electrons. The van der Waals surface area contributed by atoms with Gasteiger partial charge in [-0.2, -0.15) is 0 Å². The third kappa shape index (κ3) is 9.07. The van der Waals surface area contributed by atoms with Crippen LogP contribution in [0.1, 0.15) is 24.5 Å². The zero-order valence-corrected chi connectivity index (χ0v) is 21.6. The standard InChI is InChI=1S/C31H30NO.BF4/c1-4-25(17-11-12-24-18-20-29(21-19-24)32(2)3)30-22-28(26-13-7-5-8-14-26)23-31(33-30)27-15-9-6-10-16-27;2-1(3,4)5/h5-23H,4H2,1-3H3;/q+1;-1. The molecular weight excluding hydrogens is 489 g/mol. The lowest BCUT2D eigenvalue weighted by Gasteiger charge is -2.20. The molecule has 7 heteroatoms. The largest absolute Gasteiger partial charge is 0.673 e. The third-order valence-electron chi connectivity index (χ3n) is 5.65. The van der Waals surface area contributed by atoms with Gasteiger partial charge in [-0.15, -0.1) is 0 Å². The van der Waals surface area contributed by atoms with E-state index in [2.05, 4.69) is 117 Å². The molecule has 2 aromatic rings. The molecule has 0 bridgehead atoms. The first kappa shape index (κ1) is 28.4. The smallest absolute Gasteiger partial charge is 0.456 e. The van der Waals surface area contributed by atoms with E-state index in [4.69, 9.17) is 4.74 Å². The Morgan fingerprint density at radius 1 is 0.816 bits per heavy atom. The van der Waals surface area contributed by atoms with Crippen molar-refractivity contribution in [3.05, 3.63) is 143 Å². The van der Waals surface area contributed by atoms with Crippen molar-refractivity contribution in [1.82, 2.24) is 0 Å². The molecule has 38 heavy (non-hydrogen) atoms. The zero-order chi connectivity index (χ0) is 27.5. The number of hydrogen-bond donors (Lipinski definition) is 0. The van der Waals surface area contributed by atoms with E-state index in [1.807, 2.05) is 24.3 Å². The van der Waals surface area contributed by atoms with Crippen LogP contribution in [0.15, 0.2) is 132 Å². The molecule has 0 fully saturated rings. The van der Waals surface area contributed by atoms with E-state index in [0.29, 0.717) is 0 Å². The summed E-state index contributed by atoms with van der Waals surface area (Å²) < 4.78 is 47.5. The Hall–Kier alpha value is -4.13. The van der Waals surface area contributed by atoms with Gasteiger partial charge in [0.2, 0.25) is 0 Å². The second kappa shape index (κ2) is 13.4. The Morgan fingerprint density at radius 2 is 1.37 bits per heavy atom. The first-order valence-electron chi connectivity index (χ1n) is 12.3. The van der Waals surface area contributed by atoms with Crippen molar-refractivity contribution >= 4 is 24.3 Å². The van der Waals surface area contributed by atoms with E-state index in [0.717, 1.165) is 34.6 Å². The van der Waals surface area contributed by atoms with Crippen LogP contribution >= 0.6 is 0 Å². The molecule has 0 radical (unpaired) electrons. The first-order valence-corrected chi connectivity index (χ1v) is 12.3. The normalized spacial score (nSPS) is 16.3. The number of rotatable bonds is 5. The fraction of sp³-hybridized carbons (Fsp3) is 0.129. The molecule has 0 unspecified atom stereocenters. The van der Waals surface area contributed by atoms with Gasteiger partial charge < -0.3 is 22.0 Å². The van der Waals surface area contributed by atoms with Gasteiger partial charge in [0.1, 0.15) is 25.6 Å². The van der Waals surface area contributed by atoms with Gasteiger partial charge in [0.05, 0.1) is 0 Å². The molecule has 1 heterocycles. The van der Waals surface area contributed by atoms with Gasteiger partial charge >= 0.3 is 7.25 Å². The van der Waals surface area contributed by atoms with Gasteiger partial charge in [0, 0.05) is 17.7 Å². The summed E-state index contributed by atoms with van der Waals surface area (Å²) in [6, 6.07) is 20.8. The predicted molar refractivity (Wildman–Crippen MR) is 150 cm³/mol. The van der Waals surface area contributed by atoms with Crippen molar-refractivity contribution in [2.24, 2.45) is 0 Å². The van der Waals surface area contributed by atoms with Crippen molar-refractivity contribution in [3.8, 4) is 0 Å². The van der Waals surface area contributed by atoms with E-state index in [9.17, 15) is 17.3 Å². The van der Waals surface area contributed by atoms with Crippen molar-refractivity contribution in [2.75, 3.05) is 14.1 Å². The molecule has 0 saturated carbocycles. The molecule has 0 N–H and O–H groups in total. The average molecular weight is 519 g/mol. The molecular formula is C31H30BF4NO. The van der Waals surface area contributed by atoms with E-state index >= 15 is 0 Å². The SMILES string of the molecule is CCC(C=CC=C1C=CC(=[N+](C)C)C=C1)=C1C=C(c2ccccc2)C=C(c2ccccc2)O1.F[B-](F)(F)F. The minimum absolute atomic E-state index is 0.870. The van der Waals surface area contributed by atoms with Crippen LogP contribution in [0.25, 0.3) is 11.3 Å². The number of hydrogen-bond acceptors (Lipinski definition) is 1. The minimum Gasteiger partial charge on any atom is -0.456 e. The van der Waals surface area contributed by atoms with E-state index in [-0.39, 0.29) is 0 Å². The van der Waals surface area contributed by atoms with E-state index < -0.39 is 7.25 Å². The molecule has 1 aliphatic heterocycles. The van der Waals surface area contributed by atoms with Crippen molar-refractivity contribution in [2.45, 2.75) is 13.3 Å². The van der Waals surface area contributed by atoms with Crippen LogP contribution in [0.4, 0.5) is 17.3 Å². The van der Waals surface area contributed by atoms with Crippen LogP contribution in [0, 0.1) is 0 Å². The van der Waals surface area contributed by atoms with Crippen LogP contribution < -0.4 is 0 Å². The van der Waals surface area contributed by atoms with Gasteiger partial charge in [0.25, 0.3) is 0 Å². The molecule has 2 aliphatic rings. The van der Waals surface area contributed by atoms with Crippen molar-refractivity contribution in [3.63, 3.8) is 0 Å². The zero-order valence-electron chi connectivity index (χ0n) is 21.6. The summed E-state index contributed by atoms with van der Waals surface area (Å²) in [5.74, 6) is 1.76. The monoisotopic (exact) mass is 519 g/mol. The molecule has 0 spiro atoms.